The number of hydrogen-bond donors (Lipinski definition) is 1. The van der Waals surface area contributed by atoms with Crippen molar-refractivity contribution in [1.29, 1.82) is 0 Å². The third-order valence-electron chi connectivity index (χ3n) is 3.76. The smallest absolute Gasteiger partial charge is 0.261 e. The number of nitrogens with zero attached hydrogens (tertiary/aromatic N) is 3. The second-order valence-corrected chi connectivity index (χ2v) is 7.49. The molecule has 1 fully saturated rings. The van der Waals surface area contributed by atoms with Crippen LogP contribution in [0, 0.1) is 6.92 Å². The van der Waals surface area contributed by atoms with Crippen LogP contribution in [0.25, 0.3) is 0 Å². The Labute approximate surface area is 148 Å². The molecule has 2 aromatic heterocycles. The molecule has 1 aliphatic rings. The first-order valence-electron chi connectivity index (χ1n) is 7.73. The Kier molecular flexibility index (Phi) is 5.27. The Balaban J connectivity index is 1.67. The molecule has 0 radical (unpaired) electrons. The summed E-state index contributed by atoms with van der Waals surface area (Å²) in [5.74, 6) is 0.712. The molecule has 0 aliphatic carbocycles. The lowest BCUT2D eigenvalue weighted by atomic mass is 10.1. The summed E-state index contributed by atoms with van der Waals surface area (Å²) < 4.78 is 0.929. The van der Waals surface area contributed by atoms with Crippen molar-refractivity contribution in [2.75, 3.05) is 18.0 Å². The highest BCUT2D eigenvalue weighted by Gasteiger charge is 2.15. The van der Waals surface area contributed by atoms with Crippen LogP contribution in [0.1, 0.15) is 40.3 Å². The predicted molar refractivity (Wildman–Crippen MR) is 96.0 cm³/mol. The molecule has 1 N–H and O–H groups in total. The molecule has 0 bridgehead atoms. The number of carbonyl (C=O) groups is 1. The molecule has 0 saturated carbocycles. The van der Waals surface area contributed by atoms with E-state index in [2.05, 4.69) is 36.1 Å². The number of carbonyl (C=O) groups excluding carboxylic acids is 1. The highest BCUT2D eigenvalue weighted by Crippen LogP contribution is 2.20. The average molecular weight is 395 g/mol. The van der Waals surface area contributed by atoms with Gasteiger partial charge in [0.1, 0.15) is 0 Å². The molecule has 122 valence electrons. The number of amides is 1. The van der Waals surface area contributed by atoms with Gasteiger partial charge in [-0.05, 0) is 54.2 Å². The van der Waals surface area contributed by atoms with Crippen LogP contribution in [-0.4, -0.2) is 29.0 Å². The molecule has 3 heterocycles. The van der Waals surface area contributed by atoms with Crippen LogP contribution < -0.4 is 10.2 Å². The van der Waals surface area contributed by atoms with Crippen molar-refractivity contribution >= 4 is 39.1 Å². The van der Waals surface area contributed by atoms with Crippen molar-refractivity contribution in [2.45, 2.75) is 32.7 Å². The molecule has 0 atom stereocenters. The van der Waals surface area contributed by atoms with Gasteiger partial charge >= 0.3 is 0 Å². The summed E-state index contributed by atoms with van der Waals surface area (Å²) in [6, 6.07) is 3.75. The number of thiophene rings is 1. The van der Waals surface area contributed by atoms with Gasteiger partial charge in [0.15, 0.2) is 0 Å². The fourth-order valence-corrected chi connectivity index (χ4v) is 3.98. The van der Waals surface area contributed by atoms with E-state index in [-0.39, 0.29) is 5.91 Å². The number of nitrogens with one attached hydrogen (secondary N) is 1. The molecule has 3 rings (SSSR count). The van der Waals surface area contributed by atoms with Crippen LogP contribution in [0.5, 0.6) is 0 Å². The third-order valence-corrected chi connectivity index (χ3v) is 5.45. The second kappa shape index (κ2) is 7.40. The zero-order valence-corrected chi connectivity index (χ0v) is 15.4. The van der Waals surface area contributed by atoms with Crippen molar-refractivity contribution in [3.63, 3.8) is 0 Å². The summed E-state index contributed by atoms with van der Waals surface area (Å²) in [5, 5.41) is 4.83. The molecule has 0 unspecified atom stereocenters. The SMILES string of the molecule is Cc1cc(CNC(=O)c2cc(Br)cs2)nc(N2CCCCC2)n1. The molecule has 2 aromatic rings. The van der Waals surface area contributed by atoms with E-state index in [1.54, 1.807) is 0 Å². The lowest BCUT2D eigenvalue weighted by Crippen LogP contribution is -2.31. The van der Waals surface area contributed by atoms with Crippen molar-refractivity contribution in [1.82, 2.24) is 15.3 Å². The monoisotopic (exact) mass is 394 g/mol. The Morgan fingerprint density at radius 2 is 2.09 bits per heavy atom. The standard InChI is InChI=1S/C16H19BrN4OS/c1-11-7-13(9-18-15(22)14-8-12(17)10-23-14)20-16(19-11)21-5-3-2-4-6-21/h7-8,10H,2-6,9H2,1H3,(H,18,22). The molecule has 5 nitrogen and oxygen atoms in total. The van der Waals surface area contributed by atoms with Crippen LogP contribution in [0.4, 0.5) is 5.95 Å². The van der Waals surface area contributed by atoms with Gasteiger partial charge in [0.2, 0.25) is 5.95 Å². The first-order valence-corrected chi connectivity index (χ1v) is 9.41. The van der Waals surface area contributed by atoms with Crippen molar-refractivity contribution in [3.8, 4) is 0 Å². The van der Waals surface area contributed by atoms with Crippen LogP contribution in [-0.2, 0) is 6.54 Å². The van der Waals surface area contributed by atoms with E-state index in [9.17, 15) is 4.79 Å². The average Bonchev–Trinajstić information content (AvgIpc) is 2.99. The van der Waals surface area contributed by atoms with Gasteiger partial charge in [-0.3, -0.25) is 4.79 Å². The zero-order chi connectivity index (χ0) is 16.2. The van der Waals surface area contributed by atoms with E-state index in [0.29, 0.717) is 11.4 Å². The largest absolute Gasteiger partial charge is 0.346 e. The molecule has 23 heavy (non-hydrogen) atoms. The second-order valence-electron chi connectivity index (χ2n) is 5.66. The van der Waals surface area contributed by atoms with E-state index in [1.807, 2.05) is 24.4 Å². The molecule has 0 aromatic carbocycles. The third kappa shape index (κ3) is 4.29. The van der Waals surface area contributed by atoms with Gasteiger partial charge < -0.3 is 10.2 Å². The highest BCUT2D eigenvalue weighted by molar-refractivity contribution is 9.10. The van der Waals surface area contributed by atoms with E-state index < -0.39 is 0 Å². The minimum atomic E-state index is -0.0727. The van der Waals surface area contributed by atoms with Gasteiger partial charge in [0.25, 0.3) is 5.91 Å². The van der Waals surface area contributed by atoms with E-state index >= 15 is 0 Å². The van der Waals surface area contributed by atoms with Crippen molar-refractivity contribution < 1.29 is 4.79 Å². The maximum absolute atomic E-state index is 12.1. The molecule has 1 aliphatic heterocycles. The molecule has 1 amide bonds. The quantitative estimate of drug-likeness (QED) is 0.861. The maximum atomic E-state index is 12.1. The number of halogens is 1. The molecule has 1 saturated heterocycles. The number of hydrogen-bond acceptors (Lipinski definition) is 5. The van der Waals surface area contributed by atoms with Crippen LogP contribution in [0.3, 0.4) is 0 Å². The number of anilines is 1. The van der Waals surface area contributed by atoms with Crippen molar-refractivity contribution in [3.05, 3.63) is 38.3 Å². The van der Waals surface area contributed by atoms with E-state index in [4.69, 9.17) is 0 Å². The van der Waals surface area contributed by atoms with Gasteiger partial charge in [-0.15, -0.1) is 11.3 Å². The first-order chi connectivity index (χ1) is 11.1. The zero-order valence-electron chi connectivity index (χ0n) is 13.0. The van der Waals surface area contributed by atoms with Crippen LogP contribution in [0.15, 0.2) is 22.0 Å². The summed E-state index contributed by atoms with van der Waals surface area (Å²) in [6.45, 7) is 4.41. The van der Waals surface area contributed by atoms with Gasteiger partial charge in [-0.1, -0.05) is 0 Å². The first kappa shape index (κ1) is 16.4. The minimum Gasteiger partial charge on any atom is -0.346 e. The van der Waals surface area contributed by atoms with Crippen LogP contribution in [0.2, 0.25) is 0 Å². The predicted octanol–water partition coefficient (Wildman–Crippen LogP) is 3.53. The van der Waals surface area contributed by atoms with Gasteiger partial charge in [0.05, 0.1) is 17.1 Å². The van der Waals surface area contributed by atoms with Gasteiger partial charge in [-0.25, -0.2) is 9.97 Å². The summed E-state index contributed by atoms with van der Waals surface area (Å²) in [4.78, 5) is 24.2. The summed E-state index contributed by atoms with van der Waals surface area (Å²) in [7, 11) is 0. The highest BCUT2D eigenvalue weighted by atomic mass is 79.9. The summed E-state index contributed by atoms with van der Waals surface area (Å²) in [6.07, 6.45) is 3.66. The van der Waals surface area contributed by atoms with E-state index in [1.165, 1.54) is 30.6 Å². The summed E-state index contributed by atoms with van der Waals surface area (Å²) >= 11 is 4.79. The Morgan fingerprint density at radius 3 is 2.78 bits per heavy atom. The van der Waals surface area contributed by atoms with E-state index in [0.717, 1.165) is 34.9 Å². The number of aryl methyl sites for hydroxylation is 1. The lowest BCUT2D eigenvalue weighted by Gasteiger charge is -2.27. The molecular weight excluding hydrogens is 376 g/mol. The number of rotatable bonds is 4. The normalized spacial score (nSPS) is 14.8. The fraction of sp³-hybridized carbons (Fsp3) is 0.438. The number of aromatic nitrogens is 2. The summed E-state index contributed by atoms with van der Waals surface area (Å²) in [5.41, 5.74) is 1.78. The molecular formula is C16H19BrN4OS. The Hall–Kier alpha value is -1.47. The van der Waals surface area contributed by atoms with Crippen molar-refractivity contribution in [2.24, 2.45) is 0 Å². The fourth-order valence-electron chi connectivity index (χ4n) is 2.63. The van der Waals surface area contributed by atoms with Crippen LogP contribution >= 0.6 is 27.3 Å². The number of piperidine rings is 1. The molecule has 0 spiro atoms. The Morgan fingerprint density at radius 1 is 1.30 bits per heavy atom. The topological polar surface area (TPSA) is 58.1 Å². The minimum absolute atomic E-state index is 0.0727. The molecule has 7 heteroatoms. The lowest BCUT2D eigenvalue weighted by molar-refractivity contribution is 0.0954. The maximum Gasteiger partial charge on any atom is 0.261 e. The van der Waals surface area contributed by atoms with Gasteiger partial charge in [0, 0.05) is 28.6 Å². The van der Waals surface area contributed by atoms with Gasteiger partial charge in [-0.2, -0.15) is 0 Å². The Bertz CT molecular complexity index is 697.